The van der Waals surface area contributed by atoms with Crippen LogP contribution in [-0.4, -0.2) is 36.0 Å². The molecule has 35 heavy (non-hydrogen) atoms. The zero-order chi connectivity index (χ0) is 25.6. The summed E-state index contributed by atoms with van der Waals surface area (Å²) in [5.74, 6) is 0.220. The normalized spacial score (nSPS) is 11.7. The molecule has 0 saturated carbocycles. The average Bonchev–Trinajstić information content (AvgIpc) is 3.31. The smallest absolute Gasteiger partial charge is 0.268 e. The molecule has 0 unspecified atom stereocenters. The van der Waals surface area contributed by atoms with E-state index >= 15 is 0 Å². The van der Waals surface area contributed by atoms with E-state index < -0.39 is 21.0 Å². The van der Waals surface area contributed by atoms with Crippen LogP contribution in [0.3, 0.4) is 0 Å². The van der Waals surface area contributed by atoms with Gasteiger partial charge in [0.2, 0.25) is 15.0 Å². The maximum absolute atomic E-state index is 12.6. The number of aromatic nitrogens is 2. The zero-order valence-electron chi connectivity index (χ0n) is 19.6. The van der Waals surface area contributed by atoms with E-state index in [1.807, 2.05) is 37.3 Å². The van der Waals surface area contributed by atoms with E-state index in [0.29, 0.717) is 23.7 Å². The van der Waals surface area contributed by atoms with Gasteiger partial charge in [-0.05, 0) is 55.7 Å². The van der Waals surface area contributed by atoms with Crippen molar-refractivity contribution < 1.29 is 22.7 Å². The highest BCUT2D eigenvalue weighted by Gasteiger charge is 2.25. The summed E-state index contributed by atoms with van der Waals surface area (Å²) in [4.78, 5) is 16.5. The van der Waals surface area contributed by atoms with Crippen LogP contribution < -0.4 is 14.8 Å². The molecule has 0 aliphatic rings. The Morgan fingerprint density at radius 1 is 1.23 bits per heavy atom. The number of carbonyl (C=O) groups is 1. The Morgan fingerprint density at radius 3 is 2.63 bits per heavy atom. The summed E-state index contributed by atoms with van der Waals surface area (Å²) in [6, 6.07) is 14.8. The van der Waals surface area contributed by atoms with Crippen molar-refractivity contribution in [3.05, 3.63) is 64.7 Å². The Morgan fingerprint density at radius 2 is 1.97 bits per heavy atom. The minimum atomic E-state index is -3.67. The lowest BCUT2D eigenvalue weighted by Crippen LogP contribution is -2.16. The quantitative estimate of drug-likeness (QED) is 0.334. The highest BCUT2D eigenvalue weighted by Crippen LogP contribution is 2.30. The van der Waals surface area contributed by atoms with Gasteiger partial charge in [-0.2, -0.15) is 14.6 Å². The molecule has 1 N–H and O–H groups in total. The fraction of sp³-hybridized carbons (Fsp3) is 0.250. The lowest BCUT2D eigenvalue weighted by molar-refractivity contribution is -0.112. The van der Waals surface area contributed by atoms with Gasteiger partial charge in [-0.15, -0.1) is 0 Å². The summed E-state index contributed by atoms with van der Waals surface area (Å²) in [6.07, 6.45) is 1.38. The van der Waals surface area contributed by atoms with Crippen LogP contribution in [0.25, 0.3) is 6.08 Å². The van der Waals surface area contributed by atoms with Crippen molar-refractivity contribution >= 4 is 38.5 Å². The number of methoxy groups -OCH3 is 1. The lowest BCUT2D eigenvalue weighted by atomic mass is 10.1. The summed E-state index contributed by atoms with van der Waals surface area (Å²) in [7, 11) is -2.17. The number of nitriles is 1. The second kappa shape index (κ2) is 11.1. The van der Waals surface area contributed by atoms with Crippen LogP contribution in [0, 0.1) is 18.3 Å². The van der Waals surface area contributed by atoms with Crippen LogP contribution in [0.5, 0.6) is 11.5 Å². The summed E-state index contributed by atoms with van der Waals surface area (Å²) in [5.41, 5.74) is 2.49. The maximum Gasteiger partial charge on any atom is 0.268 e. The van der Waals surface area contributed by atoms with Crippen molar-refractivity contribution in [2.24, 2.45) is 0 Å². The summed E-state index contributed by atoms with van der Waals surface area (Å²) >= 11 is 0.724. The van der Waals surface area contributed by atoms with Crippen molar-refractivity contribution in [1.82, 2.24) is 9.36 Å². The number of sulfone groups is 1. The number of nitrogens with zero attached hydrogens (tertiary/aromatic N) is 3. The first kappa shape index (κ1) is 25.9. The third-order valence-electron chi connectivity index (χ3n) is 5.01. The molecule has 0 aliphatic carbocycles. The molecule has 1 aromatic heterocycles. The Labute approximate surface area is 208 Å². The molecule has 11 heteroatoms. The first-order chi connectivity index (χ1) is 16.6. The molecular formula is C24H24N4O5S2. The Kier molecular flexibility index (Phi) is 8.22. The van der Waals surface area contributed by atoms with Crippen molar-refractivity contribution in [2.45, 2.75) is 37.8 Å². The van der Waals surface area contributed by atoms with Gasteiger partial charge < -0.3 is 9.47 Å². The standard InChI is InChI=1S/C24H24N4O5S2/c1-15(2)35(30,31)24-27-23(34-28-24)26-22(29)19(13-25)11-17-9-10-20(21(12-17)32-4)33-14-18-8-6-5-7-16(18)3/h5-12,15H,14H2,1-4H3,(H,26,27,28,29). The van der Waals surface area contributed by atoms with Gasteiger partial charge in [0.1, 0.15) is 18.2 Å². The largest absolute Gasteiger partial charge is 0.493 e. The molecule has 2 aromatic carbocycles. The predicted octanol–water partition coefficient (Wildman–Crippen LogP) is 4.16. The fourth-order valence-electron chi connectivity index (χ4n) is 2.89. The Balaban J connectivity index is 1.75. The van der Waals surface area contributed by atoms with Gasteiger partial charge in [0.05, 0.1) is 12.4 Å². The Bertz CT molecular complexity index is 1410. The van der Waals surface area contributed by atoms with Gasteiger partial charge in [-0.1, -0.05) is 30.3 Å². The molecule has 0 saturated heterocycles. The molecule has 0 bridgehead atoms. The number of amides is 1. The molecule has 0 spiro atoms. The van der Waals surface area contributed by atoms with Gasteiger partial charge in [0, 0.05) is 11.5 Å². The number of rotatable bonds is 9. The number of hydrogen-bond acceptors (Lipinski definition) is 9. The highest BCUT2D eigenvalue weighted by atomic mass is 32.2. The van der Waals surface area contributed by atoms with Crippen molar-refractivity contribution in [2.75, 3.05) is 12.4 Å². The van der Waals surface area contributed by atoms with Gasteiger partial charge in [0.25, 0.3) is 11.1 Å². The number of hydrogen-bond donors (Lipinski definition) is 1. The lowest BCUT2D eigenvalue weighted by Gasteiger charge is -2.12. The summed E-state index contributed by atoms with van der Waals surface area (Å²) < 4.78 is 39.5. The molecule has 3 aromatic rings. The molecule has 1 amide bonds. The van der Waals surface area contributed by atoms with Gasteiger partial charge >= 0.3 is 0 Å². The average molecular weight is 513 g/mol. The topological polar surface area (TPSA) is 131 Å². The van der Waals surface area contributed by atoms with E-state index in [0.717, 1.165) is 22.7 Å². The predicted molar refractivity (Wildman–Crippen MR) is 133 cm³/mol. The number of aryl methyl sites for hydroxylation is 1. The molecule has 0 fully saturated rings. The van der Waals surface area contributed by atoms with Gasteiger partial charge in [-0.3, -0.25) is 10.1 Å². The van der Waals surface area contributed by atoms with Crippen LogP contribution in [0.15, 0.2) is 53.2 Å². The number of ether oxygens (including phenoxy) is 2. The van der Waals surface area contributed by atoms with Crippen LogP contribution in [0.4, 0.5) is 5.13 Å². The molecule has 0 atom stereocenters. The van der Waals surface area contributed by atoms with Gasteiger partial charge in [-0.25, -0.2) is 8.42 Å². The second-order valence-electron chi connectivity index (χ2n) is 7.73. The van der Waals surface area contributed by atoms with E-state index in [-0.39, 0.29) is 15.9 Å². The number of carbonyl (C=O) groups excluding carboxylic acids is 1. The van der Waals surface area contributed by atoms with E-state index in [1.54, 1.807) is 18.2 Å². The minimum absolute atomic E-state index is 0.0205. The highest BCUT2D eigenvalue weighted by molar-refractivity contribution is 7.91. The van der Waals surface area contributed by atoms with Crippen LogP contribution >= 0.6 is 11.5 Å². The molecule has 0 aliphatic heterocycles. The zero-order valence-corrected chi connectivity index (χ0v) is 21.2. The fourth-order valence-corrected chi connectivity index (χ4v) is 4.58. The molecular weight excluding hydrogens is 488 g/mol. The SMILES string of the molecule is COc1cc(C=C(C#N)C(=O)Nc2nc(S(=O)(=O)C(C)C)ns2)ccc1OCc1ccccc1C. The molecule has 9 nitrogen and oxygen atoms in total. The van der Waals surface area contributed by atoms with Gasteiger partial charge in [0.15, 0.2) is 11.5 Å². The van der Waals surface area contributed by atoms with Crippen LogP contribution in [0.1, 0.15) is 30.5 Å². The molecule has 1 heterocycles. The molecule has 182 valence electrons. The van der Waals surface area contributed by atoms with Crippen molar-refractivity contribution in [3.8, 4) is 17.6 Å². The van der Waals surface area contributed by atoms with Crippen LogP contribution in [-0.2, 0) is 21.2 Å². The first-order valence-electron chi connectivity index (χ1n) is 10.5. The van der Waals surface area contributed by atoms with Crippen LogP contribution in [0.2, 0.25) is 0 Å². The molecule has 3 rings (SSSR count). The van der Waals surface area contributed by atoms with E-state index in [4.69, 9.17) is 9.47 Å². The Hall–Kier alpha value is -3.75. The van der Waals surface area contributed by atoms with E-state index in [2.05, 4.69) is 14.7 Å². The first-order valence-corrected chi connectivity index (χ1v) is 12.8. The monoisotopic (exact) mass is 512 g/mol. The van der Waals surface area contributed by atoms with E-state index in [9.17, 15) is 18.5 Å². The molecule has 0 radical (unpaired) electrons. The number of anilines is 1. The minimum Gasteiger partial charge on any atom is -0.493 e. The third kappa shape index (κ3) is 6.23. The van der Waals surface area contributed by atoms with Crippen molar-refractivity contribution in [3.63, 3.8) is 0 Å². The van der Waals surface area contributed by atoms with Crippen molar-refractivity contribution in [1.29, 1.82) is 5.26 Å². The second-order valence-corrected chi connectivity index (χ2v) is 10.9. The number of nitrogens with one attached hydrogen (secondary N) is 1. The summed E-state index contributed by atoms with van der Waals surface area (Å²) in [6.45, 7) is 5.39. The maximum atomic E-state index is 12.6. The van der Waals surface area contributed by atoms with E-state index in [1.165, 1.54) is 27.0 Å². The number of benzene rings is 2. The summed E-state index contributed by atoms with van der Waals surface area (Å²) in [5, 5.41) is 10.8. The third-order valence-corrected chi connectivity index (χ3v) is 7.69.